The predicted octanol–water partition coefficient (Wildman–Crippen LogP) is 2.65. The molecule has 2 heterocycles. The molecule has 1 fully saturated rings. The van der Waals surface area contributed by atoms with Crippen LogP contribution < -0.4 is 5.32 Å². The molecule has 0 aliphatic carbocycles. The van der Waals surface area contributed by atoms with E-state index in [1.807, 2.05) is 30.3 Å². The third-order valence-electron chi connectivity index (χ3n) is 3.03. The molecule has 1 N–H and O–H groups in total. The van der Waals surface area contributed by atoms with Gasteiger partial charge in [-0.2, -0.15) is 9.36 Å². The largest absolute Gasteiger partial charge is 0.380 e. The lowest BCUT2D eigenvalue weighted by molar-refractivity contribution is -0.0924. The van der Waals surface area contributed by atoms with Gasteiger partial charge in [0.15, 0.2) is 5.82 Å². The Labute approximate surface area is 110 Å². The summed E-state index contributed by atoms with van der Waals surface area (Å²) in [5.74, 6) is 0.790. The Balaban J connectivity index is 1.66. The summed E-state index contributed by atoms with van der Waals surface area (Å²) in [6.07, 6.45) is 0. The molecule has 1 aromatic heterocycles. The molecule has 0 saturated carbocycles. The molecule has 0 spiro atoms. The molecule has 2 aromatic rings. The van der Waals surface area contributed by atoms with Gasteiger partial charge in [0, 0.05) is 29.1 Å². The minimum atomic E-state index is 0.249. The van der Waals surface area contributed by atoms with Gasteiger partial charge in [0.25, 0.3) is 0 Å². The summed E-state index contributed by atoms with van der Waals surface area (Å²) in [6, 6.07) is 10.0. The summed E-state index contributed by atoms with van der Waals surface area (Å²) in [5.41, 5.74) is 1.30. The summed E-state index contributed by atoms with van der Waals surface area (Å²) >= 11 is 1.41. The molecule has 1 saturated heterocycles. The minimum Gasteiger partial charge on any atom is -0.380 e. The summed E-state index contributed by atoms with van der Waals surface area (Å²) in [5, 5.41) is 4.22. The summed E-state index contributed by atoms with van der Waals surface area (Å²) < 4.78 is 9.60. The van der Waals surface area contributed by atoms with E-state index in [4.69, 9.17) is 4.74 Å². The van der Waals surface area contributed by atoms with Crippen molar-refractivity contribution in [2.75, 3.05) is 25.1 Å². The second-order valence-electron chi connectivity index (χ2n) is 4.95. The first-order valence-corrected chi connectivity index (χ1v) is 6.73. The van der Waals surface area contributed by atoms with Gasteiger partial charge in [0.2, 0.25) is 5.13 Å². The molecule has 1 aliphatic heterocycles. The number of benzene rings is 1. The maximum Gasteiger partial charge on any atom is 0.202 e. The van der Waals surface area contributed by atoms with Gasteiger partial charge in [-0.05, 0) is 0 Å². The van der Waals surface area contributed by atoms with Gasteiger partial charge in [-0.15, -0.1) is 0 Å². The smallest absolute Gasteiger partial charge is 0.202 e. The lowest BCUT2D eigenvalue weighted by atomic mass is 9.89. The summed E-state index contributed by atoms with van der Waals surface area (Å²) in [4.78, 5) is 4.50. The van der Waals surface area contributed by atoms with E-state index >= 15 is 0 Å². The first kappa shape index (κ1) is 11.6. The Morgan fingerprint density at radius 1 is 1.33 bits per heavy atom. The number of hydrogen-bond donors (Lipinski definition) is 1. The van der Waals surface area contributed by atoms with E-state index < -0.39 is 0 Å². The number of nitrogens with one attached hydrogen (secondary N) is 1. The highest BCUT2D eigenvalue weighted by molar-refractivity contribution is 7.09. The Hall–Kier alpha value is -1.46. The molecule has 0 atom stereocenters. The third kappa shape index (κ3) is 2.37. The molecule has 0 radical (unpaired) electrons. The number of hydrogen-bond acceptors (Lipinski definition) is 5. The summed E-state index contributed by atoms with van der Waals surface area (Å²) in [7, 11) is 0. The van der Waals surface area contributed by atoms with Crippen LogP contribution >= 0.6 is 11.5 Å². The molecular formula is C13H15N3OS. The van der Waals surface area contributed by atoms with Crippen LogP contribution in [0.4, 0.5) is 5.13 Å². The van der Waals surface area contributed by atoms with Crippen molar-refractivity contribution < 1.29 is 4.74 Å². The van der Waals surface area contributed by atoms with Crippen LogP contribution in [0.5, 0.6) is 0 Å². The average molecular weight is 261 g/mol. The number of anilines is 1. The van der Waals surface area contributed by atoms with Crippen LogP contribution in [0.3, 0.4) is 0 Å². The molecule has 18 heavy (non-hydrogen) atoms. The fraction of sp³-hybridized carbons (Fsp3) is 0.385. The maximum atomic E-state index is 5.23. The lowest BCUT2D eigenvalue weighted by Crippen LogP contribution is -2.45. The van der Waals surface area contributed by atoms with Crippen LogP contribution in [0.2, 0.25) is 0 Å². The van der Waals surface area contributed by atoms with E-state index in [-0.39, 0.29) is 5.41 Å². The molecule has 94 valence electrons. The fourth-order valence-electron chi connectivity index (χ4n) is 1.84. The topological polar surface area (TPSA) is 47.0 Å². The molecule has 4 nitrogen and oxygen atoms in total. The number of rotatable bonds is 4. The van der Waals surface area contributed by atoms with Gasteiger partial charge in [0.05, 0.1) is 13.2 Å². The molecule has 5 heteroatoms. The van der Waals surface area contributed by atoms with Crippen molar-refractivity contribution >= 4 is 16.7 Å². The second kappa shape index (κ2) is 4.66. The Kier molecular flexibility index (Phi) is 3.01. The van der Waals surface area contributed by atoms with Crippen molar-refractivity contribution in [3.05, 3.63) is 30.3 Å². The van der Waals surface area contributed by atoms with E-state index in [0.717, 1.165) is 36.3 Å². The molecule has 1 aromatic carbocycles. The predicted molar refractivity (Wildman–Crippen MR) is 72.8 cm³/mol. The highest BCUT2D eigenvalue weighted by Crippen LogP contribution is 2.28. The highest BCUT2D eigenvalue weighted by atomic mass is 32.1. The summed E-state index contributed by atoms with van der Waals surface area (Å²) in [6.45, 7) is 4.74. The average Bonchev–Trinajstić information content (AvgIpc) is 2.84. The first-order chi connectivity index (χ1) is 8.75. The van der Waals surface area contributed by atoms with E-state index in [9.17, 15) is 0 Å². The van der Waals surface area contributed by atoms with Crippen molar-refractivity contribution in [1.82, 2.24) is 9.36 Å². The zero-order valence-electron chi connectivity index (χ0n) is 10.2. The standard InChI is InChI=1S/C13H15N3OS/c1-13(8-17-9-13)7-14-12-15-11(16-18-12)10-5-3-2-4-6-10/h2-6H,7-9H2,1H3,(H,14,15,16). The van der Waals surface area contributed by atoms with Gasteiger partial charge in [-0.3, -0.25) is 0 Å². The van der Waals surface area contributed by atoms with Gasteiger partial charge >= 0.3 is 0 Å². The molecule has 0 unspecified atom stereocenters. The van der Waals surface area contributed by atoms with Crippen LogP contribution in [0.25, 0.3) is 11.4 Å². The van der Waals surface area contributed by atoms with Crippen LogP contribution in [0.15, 0.2) is 30.3 Å². The van der Waals surface area contributed by atoms with Crippen LogP contribution in [0, 0.1) is 5.41 Å². The zero-order chi connectivity index (χ0) is 12.4. The van der Waals surface area contributed by atoms with Crippen molar-refractivity contribution in [2.24, 2.45) is 5.41 Å². The van der Waals surface area contributed by atoms with Gasteiger partial charge in [0.1, 0.15) is 0 Å². The molecule has 1 aliphatic rings. The van der Waals surface area contributed by atoms with Gasteiger partial charge in [-0.1, -0.05) is 37.3 Å². The Morgan fingerprint density at radius 3 is 2.78 bits per heavy atom. The third-order valence-corrected chi connectivity index (χ3v) is 3.70. The molecular weight excluding hydrogens is 246 g/mol. The van der Waals surface area contributed by atoms with Gasteiger partial charge < -0.3 is 10.1 Å². The zero-order valence-corrected chi connectivity index (χ0v) is 11.0. The quantitative estimate of drug-likeness (QED) is 0.919. The SMILES string of the molecule is CC1(CNc2nc(-c3ccccc3)ns2)COC1. The lowest BCUT2D eigenvalue weighted by Gasteiger charge is -2.37. The number of aromatic nitrogens is 2. The second-order valence-corrected chi connectivity index (χ2v) is 5.70. The van der Waals surface area contributed by atoms with E-state index in [2.05, 4.69) is 21.6 Å². The monoisotopic (exact) mass is 261 g/mol. The minimum absolute atomic E-state index is 0.249. The first-order valence-electron chi connectivity index (χ1n) is 5.96. The van der Waals surface area contributed by atoms with Crippen molar-refractivity contribution in [3.63, 3.8) is 0 Å². The van der Waals surface area contributed by atoms with E-state index in [1.54, 1.807) is 0 Å². The molecule has 0 amide bonds. The molecule has 3 rings (SSSR count). The maximum absolute atomic E-state index is 5.23. The van der Waals surface area contributed by atoms with E-state index in [1.165, 1.54) is 11.5 Å². The van der Waals surface area contributed by atoms with Crippen LogP contribution in [-0.2, 0) is 4.74 Å². The van der Waals surface area contributed by atoms with Crippen molar-refractivity contribution in [1.29, 1.82) is 0 Å². The Bertz CT molecular complexity index is 522. The molecule has 0 bridgehead atoms. The normalized spacial score (nSPS) is 17.2. The van der Waals surface area contributed by atoms with Crippen LogP contribution in [0.1, 0.15) is 6.92 Å². The van der Waals surface area contributed by atoms with Crippen molar-refractivity contribution in [2.45, 2.75) is 6.92 Å². The number of nitrogens with zero attached hydrogens (tertiary/aromatic N) is 2. The highest BCUT2D eigenvalue weighted by Gasteiger charge is 2.33. The fourth-order valence-corrected chi connectivity index (χ4v) is 2.42. The number of ether oxygens (including phenoxy) is 1. The van der Waals surface area contributed by atoms with Crippen molar-refractivity contribution in [3.8, 4) is 11.4 Å². The Morgan fingerprint density at radius 2 is 2.11 bits per heavy atom. The van der Waals surface area contributed by atoms with Gasteiger partial charge in [-0.25, -0.2) is 0 Å². The van der Waals surface area contributed by atoms with Crippen LogP contribution in [-0.4, -0.2) is 29.1 Å². The van der Waals surface area contributed by atoms with E-state index in [0.29, 0.717) is 0 Å².